The maximum absolute atomic E-state index is 6.13. The van der Waals surface area contributed by atoms with Crippen molar-refractivity contribution in [1.29, 1.82) is 0 Å². The first-order chi connectivity index (χ1) is 9.22. The molecule has 1 heterocycles. The third kappa shape index (κ3) is 3.84. The predicted octanol–water partition coefficient (Wildman–Crippen LogP) is 3.62. The summed E-state index contributed by atoms with van der Waals surface area (Å²) < 4.78 is 1.99. The van der Waals surface area contributed by atoms with Gasteiger partial charge in [0, 0.05) is 18.6 Å². The van der Waals surface area contributed by atoms with E-state index < -0.39 is 0 Å². The largest absolute Gasteiger partial charge is 0.272 e. The molecule has 0 spiro atoms. The van der Waals surface area contributed by atoms with Gasteiger partial charge in [-0.05, 0) is 36.8 Å². The Hall–Kier alpha value is -1.28. The van der Waals surface area contributed by atoms with E-state index in [-0.39, 0.29) is 0 Å². The summed E-state index contributed by atoms with van der Waals surface area (Å²) >= 11 is 6.13. The van der Waals surface area contributed by atoms with Gasteiger partial charge in [-0.15, -0.1) is 11.6 Å². The van der Waals surface area contributed by atoms with Crippen molar-refractivity contribution in [3.8, 4) is 0 Å². The Morgan fingerprint density at radius 2 is 1.95 bits per heavy atom. The average molecular weight is 277 g/mol. The van der Waals surface area contributed by atoms with Gasteiger partial charge in [0.05, 0.1) is 5.69 Å². The number of halogens is 1. The zero-order chi connectivity index (χ0) is 13.7. The summed E-state index contributed by atoms with van der Waals surface area (Å²) in [6, 6.07) is 12.7. The lowest BCUT2D eigenvalue weighted by atomic mass is 9.96. The molecule has 0 saturated carbocycles. The Balaban J connectivity index is 2.04. The lowest BCUT2D eigenvalue weighted by Crippen LogP contribution is -2.12. The third-order valence-corrected chi connectivity index (χ3v) is 3.91. The second-order valence-corrected chi connectivity index (χ2v) is 5.33. The van der Waals surface area contributed by atoms with Gasteiger partial charge >= 0.3 is 0 Å². The molecule has 102 valence electrons. The molecule has 2 nitrogen and oxygen atoms in total. The van der Waals surface area contributed by atoms with Crippen LogP contribution in [0.2, 0.25) is 0 Å². The highest BCUT2D eigenvalue weighted by atomic mass is 35.5. The van der Waals surface area contributed by atoms with Gasteiger partial charge in [0.2, 0.25) is 0 Å². The monoisotopic (exact) mass is 276 g/mol. The molecule has 0 aliphatic heterocycles. The molecule has 1 unspecified atom stereocenters. The summed E-state index contributed by atoms with van der Waals surface area (Å²) in [7, 11) is 2.02. The van der Waals surface area contributed by atoms with Crippen LogP contribution in [-0.2, 0) is 26.3 Å². The summed E-state index contributed by atoms with van der Waals surface area (Å²) in [4.78, 5) is 0. The van der Waals surface area contributed by atoms with Crippen molar-refractivity contribution in [3.05, 3.63) is 53.3 Å². The van der Waals surface area contributed by atoms with Crippen LogP contribution < -0.4 is 0 Å². The average Bonchev–Trinajstić information content (AvgIpc) is 2.80. The Labute approximate surface area is 120 Å². The van der Waals surface area contributed by atoms with Crippen molar-refractivity contribution in [2.45, 2.75) is 26.2 Å². The van der Waals surface area contributed by atoms with Crippen molar-refractivity contribution in [1.82, 2.24) is 9.78 Å². The molecule has 3 heteroatoms. The number of hydrogen-bond donors (Lipinski definition) is 0. The van der Waals surface area contributed by atoms with E-state index in [1.165, 1.54) is 11.3 Å². The number of nitrogens with zero attached hydrogens (tertiary/aromatic N) is 2. The van der Waals surface area contributed by atoms with Gasteiger partial charge in [-0.3, -0.25) is 4.68 Å². The molecule has 0 radical (unpaired) electrons. The van der Waals surface area contributed by atoms with Crippen LogP contribution in [0.1, 0.15) is 23.9 Å². The van der Waals surface area contributed by atoms with E-state index in [1.807, 2.05) is 17.8 Å². The zero-order valence-corrected chi connectivity index (χ0v) is 12.4. The first-order valence-electron chi connectivity index (χ1n) is 6.84. The normalized spacial score (nSPS) is 12.6. The van der Waals surface area contributed by atoms with Gasteiger partial charge in [0.15, 0.2) is 0 Å². The molecule has 0 N–H and O–H groups in total. The summed E-state index contributed by atoms with van der Waals surface area (Å²) in [6.07, 6.45) is 3.00. The molecule has 0 amide bonds. The Morgan fingerprint density at radius 3 is 2.53 bits per heavy atom. The highest BCUT2D eigenvalue weighted by Crippen LogP contribution is 2.17. The summed E-state index contributed by atoms with van der Waals surface area (Å²) in [5.41, 5.74) is 3.79. The van der Waals surface area contributed by atoms with E-state index in [9.17, 15) is 0 Å². The minimum absolute atomic E-state index is 0.462. The van der Waals surface area contributed by atoms with E-state index in [4.69, 9.17) is 11.6 Å². The maximum atomic E-state index is 6.13. The summed E-state index contributed by atoms with van der Waals surface area (Å²) in [5.74, 6) is 1.14. The molecule has 1 atom stereocenters. The fourth-order valence-electron chi connectivity index (χ4n) is 2.36. The smallest absolute Gasteiger partial charge is 0.0624 e. The van der Waals surface area contributed by atoms with Crippen LogP contribution >= 0.6 is 11.6 Å². The molecule has 2 aromatic rings. The van der Waals surface area contributed by atoms with Gasteiger partial charge in [-0.2, -0.15) is 5.10 Å². The molecular weight excluding hydrogens is 256 g/mol. The van der Waals surface area contributed by atoms with Crippen molar-refractivity contribution in [2.24, 2.45) is 13.0 Å². The van der Waals surface area contributed by atoms with Crippen molar-refractivity contribution in [3.63, 3.8) is 0 Å². The number of hydrogen-bond acceptors (Lipinski definition) is 1. The number of aromatic nitrogens is 2. The van der Waals surface area contributed by atoms with E-state index >= 15 is 0 Å². The van der Waals surface area contributed by atoms with Gasteiger partial charge < -0.3 is 0 Å². The Kier molecular flexibility index (Phi) is 5.03. The molecule has 2 rings (SSSR count). The first-order valence-corrected chi connectivity index (χ1v) is 7.38. The standard InChI is InChI=1S/C16H21ClN2/c1-3-15-11-16(19(2)18-15)10-14(12-17)9-13-7-5-4-6-8-13/h4-8,11,14H,3,9-10,12H2,1-2H3. The summed E-state index contributed by atoms with van der Waals surface area (Å²) in [5, 5.41) is 4.50. The van der Waals surface area contributed by atoms with E-state index in [1.54, 1.807) is 0 Å². The third-order valence-electron chi connectivity index (χ3n) is 3.47. The second-order valence-electron chi connectivity index (χ2n) is 5.02. The molecule has 1 aromatic carbocycles. The molecule has 0 fully saturated rings. The lowest BCUT2D eigenvalue weighted by Gasteiger charge is -2.14. The minimum Gasteiger partial charge on any atom is -0.272 e. The molecule has 19 heavy (non-hydrogen) atoms. The maximum Gasteiger partial charge on any atom is 0.0624 e. The minimum atomic E-state index is 0.462. The number of benzene rings is 1. The van der Waals surface area contributed by atoms with Crippen LogP contribution in [0.15, 0.2) is 36.4 Å². The number of rotatable bonds is 6. The van der Waals surface area contributed by atoms with Crippen molar-refractivity contribution < 1.29 is 0 Å². The fourth-order valence-corrected chi connectivity index (χ4v) is 2.58. The second kappa shape index (κ2) is 6.76. The fraction of sp³-hybridized carbons (Fsp3) is 0.438. The Bertz CT molecular complexity index is 505. The van der Waals surface area contributed by atoms with Gasteiger partial charge in [-0.25, -0.2) is 0 Å². The molecule has 0 aliphatic carbocycles. The molecule has 0 aliphatic rings. The van der Waals surface area contributed by atoms with Crippen molar-refractivity contribution >= 4 is 11.6 Å². The van der Waals surface area contributed by atoms with Crippen molar-refractivity contribution in [2.75, 3.05) is 5.88 Å². The SMILES string of the molecule is CCc1cc(CC(CCl)Cc2ccccc2)n(C)n1. The topological polar surface area (TPSA) is 17.8 Å². The quantitative estimate of drug-likeness (QED) is 0.737. The number of alkyl halides is 1. The van der Waals surface area contributed by atoms with Gasteiger partial charge in [0.25, 0.3) is 0 Å². The van der Waals surface area contributed by atoms with E-state index in [2.05, 4.69) is 42.4 Å². The van der Waals surface area contributed by atoms with Gasteiger partial charge in [0.1, 0.15) is 0 Å². The number of aryl methyl sites for hydroxylation is 2. The van der Waals surface area contributed by atoms with Crippen LogP contribution in [0.25, 0.3) is 0 Å². The molecular formula is C16H21ClN2. The van der Waals surface area contributed by atoms with E-state index in [0.29, 0.717) is 11.8 Å². The van der Waals surface area contributed by atoms with Crippen LogP contribution in [0, 0.1) is 5.92 Å². The Morgan fingerprint density at radius 1 is 1.21 bits per heavy atom. The van der Waals surface area contributed by atoms with Crippen LogP contribution in [-0.4, -0.2) is 15.7 Å². The molecule has 0 saturated heterocycles. The highest BCUT2D eigenvalue weighted by molar-refractivity contribution is 6.18. The lowest BCUT2D eigenvalue weighted by molar-refractivity contribution is 0.551. The van der Waals surface area contributed by atoms with Gasteiger partial charge in [-0.1, -0.05) is 37.3 Å². The van der Waals surface area contributed by atoms with Crippen LogP contribution in [0.3, 0.4) is 0 Å². The molecule has 0 bridgehead atoms. The summed E-state index contributed by atoms with van der Waals surface area (Å²) in [6.45, 7) is 2.13. The first kappa shape index (κ1) is 14.1. The highest BCUT2D eigenvalue weighted by Gasteiger charge is 2.13. The van der Waals surface area contributed by atoms with Crippen LogP contribution in [0.4, 0.5) is 0 Å². The van der Waals surface area contributed by atoms with E-state index in [0.717, 1.165) is 25.0 Å². The van der Waals surface area contributed by atoms with Crippen LogP contribution in [0.5, 0.6) is 0 Å². The predicted molar refractivity (Wildman–Crippen MR) is 80.6 cm³/mol. The molecule has 1 aromatic heterocycles. The zero-order valence-electron chi connectivity index (χ0n) is 11.6.